The molecule has 0 aliphatic carbocycles. The molecule has 1 amide bonds. The van der Waals surface area contributed by atoms with E-state index in [1.54, 1.807) is 17.9 Å². The summed E-state index contributed by atoms with van der Waals surface area (Å²) in [5, 5.41) is 0.315. The molecule has 0 radical (unpaired) electrons. The van der Waals surface area contributed by atoms with Gasteiger partial charge in [-0.1, -0.05) is 11.6 Å². The molecule has 2 aliphatic rings. The SMILES string of the molecule is CCOC(=O)C1CCN(C(=O)C2CCN(S(=O)(=O)c3cc(Cl)ccc3OC)CC2)CC1. The van der Waals surface area contributed by atoms with Gasteiger partial charge in [0.1, 0.15) is 10.6 Å². The minimum Gasteiger partial charge on any atom is -0.495 e. The lowest BCUT2D eigenvalue weighted by Crippen LogP contribution is -2.47. The summed E-state index contributed by atoms with van der Waals surface area (Å²) in [7, 11) is -2.36. The van der Waals surface area contributed by atoms with Crippen molar-refractivity contribution >= 4 is 33.5 Å². The average molecular weight is 473 g/mol. The molecule has 2 saturated heterocycles. The Morgan fingerprint density at radius 1 is 1.06 bits per heavy atom. The van der Waals surface area contributed by atoms with Gasteiger partial charge in [-0.3, -0.25) is 9.59 Å². The van der Waals surface area contributed by atoms with Crippen LogP contribution in [-0.4, -0.2) is 69.4 Å². The molecule has 3 rings (SSSR count). The number of methoxy groups -OCH3 is 1. The Labute approximate surface area is 188 Å². The molecule has 2 heterocycles. The zero-order chi connectivity index (χ0) is 22.6. The topological polar surface area (TPSA) is 93.2 Å². The Morgan fingerprint density at radius 2 is 1.68 bits per heavy atom. The van der Waals surface area contributed by atoms with Crippen LogP contribution in [0.1, 0.15) is 32.6 Å². The number of halogens is 1. The molecule has 0 unspecified atom stereocenters. The Morgan fingerprint density at radius 3 is 2.26 bits per heavy atom. The molecule has 1 aromatic carbocycles. The number of likely N-dealkylation sites (tertiary alicyclic amines) is 1. The van der Waals surface area contributed by atoms with Crippen LogP contribution in [0.25, 0.3) is 0 Å². The van der Waals surface area contributed by atoms with E-state index >= 15 is 0 Å². The van der Waals surface area contributed by atoms with Gasteiger partial charge < -0.3 is 14.4 Å². The molecule has 2 aliphatic heterocycles. The summed E-state index contributed by atoms with van der Waals surface area (Å²) in [6, 6.07) is 4.50. The van der Waals surface area contributed by atoms with Gasteiger partial charge in [0, 0.05) is 37.1 Å². The summed E-state index contributed by atoms with van der Waals surface area (Å²) in [6.07, 6.45) is 2.12. The van der Waals surface area contributed by atoms with Crippen LogP contribution in [0.4, 0.5) is 0 Å². The largest absolute Gasteiger partial charge is 0.495 e. The lowest BCUT2D eigenvalue weighted by Gasteiger charge is -2.36. The number of carbonyl (C=O) groups is 2. The minimum atomic E-state index is -3.78. The van der Waals surface area contributed by atoms with Crippen LogP contribution in [0.2, 0.25) is 5.02 Å². The van der Waals surface area contributed by atoms with Crippen LogP contribution in [0.15, 0.2) is 23.1 Å². The highest BCUT2D eigenvalue weighted by Crippen LogP contribution is 2.32. The predicted molar refractivity (Wildman–Crippen MR) is 115 cm³/mol. The summed E-state index contributed by atoms with van der Waals surface area (Å²) < 4.78 is 37.9. The molecule has 1 aromatic rings. The summed E-state index contributed by atoms with van der Waals surface area (Å²) >= 11 is 6.00. The van der Waals surface area contributed by atoms with Crippen LogP contribution in [0.3, 0.4) is 0 Å². The maximum atomic E-state index is 13.1. The van der Waals surface area contributed by atoms with Gasteiger partial charge in [-0.15, -0.1) is 0 Å². The molecule has 0 saturated carbocycles. The summed E-state index contributed by atoms with van der Waals surface area (Å²) in [5.74, 6) is -0.271. The molecule has 0 atom stereocenters. The van der Waals surface area contributed by atoms with Gasteiger partial charge in [0.15, 0.2) is 0 Å². The van der Waals surface area contributed by atoms with Gasteiger partial charge in [0.25, 0.3) is 0 Å². The summed E-state index contributed by atoms with van der Waals surface area (Å²) in [5.41, 5.74) is 0. The summed E-state index contributed by atoms with van der Waals surface area (Å²) in [4.78, 5) is 26.6. The number of rotatable bonds is 6. The number of esters is 1. The van der Waals surface area contributed by atoms with Crippen LogP contribution in [-0.2, 0) is 24.3 Å². The van der Waals surface area contributed by atoms with Crippen molar-refractivity contribution in [2.45, 2.75) is 37.5 Å². The quantitative estimate of drug-likeness (QED) is 0.591. The average Bonchev–Trinajstić information content (AvgIpc) is 2.79. The molecule has 10 heteroatoms. The zero-order valence-corrected chi connectivity index (χ0v) is 19.5. The van der Waals surface area contributed by atoms with Gasteiger partial charge in [-0.25, -0.2) is 8.42 Å². The van der Waals surface area contributed by atoms with Gasteiger partial charge in [0.05, 0.1) is 19.6 Å². The van der Waals surface area contributed by atoms with Crippen molar-refractivity contribution in [3.8, 4) is 5.75 Å². The number of amides is 1. The predicted octanol–water partition coefficient (Wildman–Crippen LogP) is 2.55. The van der Waals surface area contributed by atoms with E-state index in [0.717, 1.165) is 0 Å². The first-order chi connectivity index (χ1) is 14.8. The number of hydrogen-bond donors (Lipinski definition) is 0. The van der Waals surface area contributed by atoms with Crippen molar-refractivity contribution < 1.29 is 27.5 Å². The Balaban J connectivity index is 1.58. The fourth-order valence-corrected chi connectivity index (χ4v) is 6.08. The smallest absolute Gasteiger partial charge is 0.309 e. The van der Waals surface area contributed by atoms with Crippen molar-refractivity contribution in [1.29, 1.82) is 0 Å². The van der Waals surface area contributed by atoms with E-state index < -0.39 is 10.0 Å². The number of ether oxygens (including phenoxy) is 2. The Bertz CT molecular complexity index is 906. The van der Waals surface area contributed by atoms with E-state index in [0.29, 0.717) is 50.4 Å². The van der Waals surface area contributed by atoms with Crippen LogP contribution < -0.4 is 4.74 Å². The second kappa shape index (κ2) is 10.2. The van der Waals surface area contributed by atoms with E-state index in [2.05, 4.69) is 0 Å². The second-order valence-corrected chi connectivity index (χ2v) is 10.2. The maximum Gasteiger partial charge on any atom is 0.309 e. The van der Waals surface area contributed by atoms with Crippen LogP contribution in [0, 0.1) is 11.8 Å². The molecular weight excluding hydrogens is 444 g/mol. The van der Waals surface area contributed by atoms with Crippen molar-refractivity contribution in [2.24, 2.45) is 11.8 Å². The first-order valence-electron chi connectivity index (χ1n) is 10.6. The normalized spacial score (nSPS) is 19.3. The second-order valence-electron chi connectivity index (χ2n) is 7.83. The van der Waals surface area contributed by atoms with Crippen LogP contribution in [0.5, 0.6) is 5.75 Å². The third kappa shape index (κ3) is 5.32. The molecule has 0 bridgehead atoms. The number of nitrogens with zero attached hydrogens (tertiary/aromatic N) is 2. The third-order valence-corrected chi connectivity index (χ3v) is 8.13. The fraction of sp³-hybridized carbons (Fsp3) is 0.619. The molecule has 8 nitrogen and oxygen atoms in total. The van der Waals surface area contributed by atoms with E-state index in [1.807, 2.05) is 0 Å². The van der Waals surface area contributed by atoms with E-state index in [9.17, 15) is 18.0 Å². The monoisotopic (exact) mass is 472 g/mol. The van der Waals surface area contributed by atoms with Crippen molar-refractivity contribution in [3.63, 3.8) is 0 Å². The summed E-state index contributed by atoms with van der Waals surface area (Å²) in [6.45, 7) is 3.72. The maximum absolute atomic E-state index is 13.1. The number of sulfonamides is 1. The van der Waals surface area contributed by atoms with E-state index in [4.69, 9.17) is 21.1 Å². The fourth-order valence-electron chi connectivity index (χ4n) is 4.19. The number of carbonyl (C=O) groups excluding carboxylic acids is 2. The molecule has 0 N–H and O–H groups in total. The number of hydrogen-bond acceptors (Lipinski definition) is 6. The first-order valence-corrected chi connectivity index (χ1v) is 12.4. The number of benzene rings is 1. The van der Waals surface area contributed by atoms with Gasteiger partial charge >= 0.3 is 5.97 Å². The highest BCUT2D eigenvalue weighted by Gasteiger charge is 2.36. The van der Waals surface area contributed by atoms with E-state index in [1.165, 1.54) is 23.5 Å². The van der Waals surface area contributed by atoms with Crippen molar-refractivity contribution in [3.05, 3.63) is 23.2 Å². The Kier molecular flexibility index (Phi) is 7.82. The molecular formula is C21H29ClN2O6S. The Hall–Kier alpha value is -1.84. The molecule has 0 spiro atoms. The lowest BCUT2D eigenvalue weighted by atomic mass is 9.92. The molecule has 0 aromatic heterocycles. The van der Waals surface area contributed by atoms with Gasteiger partial charge in [-0.2, -0.15) is 4.31 Å². The minimum absolute atomic E-state index is 0.0355. The molecule has 172 valence electrons. The lowest BCUT2D eigenvalue weighted by molar-refractivity contribution is -0.152. The standard InChI is InChI=1S/C21H29ClN2O6S/c1-3-30-21(26)16-6-10-23(11-7-16)20(25)15-8-12-24(13-9-15)31(27,28)19-14-17(22)4-5-18(19)29-2/h4-5,14-16H,3,6-13H2,1-2H3. The van der Waals surface area contributed by atoms with Crippen molar-refractivity contribution in [2.75, 3.05) is 39.9 Å². The highest BCUT2D eigenvalue weighted by atomic mass is 35.5. The third-order valence-electron chi connectivity index (χ3n) is 5.97. The van der Waals surface area contributed by atoms with E-state index in [-0.39, 0.29) is 47.4 Å². The zero-order valence-electron chi connectivity index (χ0n) is 17.9. The van der Waals surface area contributed by atoms with Gasteiger partial charge in [0.2, 0.25) is 15.9 Å². The first kappa shape index (κ1) is 23.8. The molecule has 31 heavy (non-hydrogen) atoms. The van der Waals surface area contributed by atoms with Crippen molar-refractivity contribution in [1.82, 2.24) is 9.21 Å². The van der Waals surface area contributed by atoms with Gasteiger partial charge in [-0.05, 0) is 50.8 Å². The highest BCUT2D eigenvalue weighted by molar-refractivity contribution is 7.89. The van der Waals surface area contributed by atoms with Crippen LogP contribution >= 0.6 is 11.6 Å². The molecule has 2 fully saturated rings. The number of piperidine rings is 2.